The van der Waals surface area contributed by atoms with Crippen molar-refractivity contribution in [3.8, 4) is 0 Å². The molecule has 0 aromatic heterocycles. The second kappa shape index (κ2) is 10.5. The molecule has 2 fully saturated rings. The molecule has 0 unspecified atom stereocenters. The first-order valence-electron chi connectivity index (χ1n) is 11.0. The highest BCUT2D eigenvalue weighted by Crippen LogP contribution is 2.34. The topological polar surface area (TPSA) is 65.5 Å². The first-order valence-corrected chi connectivity index (χ1v) is 13.1. The van der Waals surface area contributed by atoms with Crippen LogP contribution in [0.3, 0.4) is 0 Å². The van der Waals surface area contributed by atoms with Crippen LogP contribution in [-0.4, -0.2) is 77.1 Å². The quantitative estimate of drug-likeness (QED) is 0.525. The molecule has 2 heterocycles. The van der Waals surface area contributed by atoms with E-state index in [1.165, 1.54) is 16.4 Å². The van der Waals surface area contributed by atoms with E-state index in [1.54, 1.807) is 4.90 Å². The zero-order chi connectivity index (χ0) is 24.5. The van der Waals surface area contributed by atoms with Gasteiger partial charge in [0.2, 0.25) is 0 Å². The number of hydrogen-bond acceptors (Lipinski definition) is 5. The third kappa shape index (κ3) is 5.56. The third-order valence-corrected chi connectivity index (χ3v) is 8.16. The maximum atomic E-state index is 15.0. The summed E-state index contributed by atoms with van der Waals surface area (Å²) < 4.78 is 38.6. The van der Waals surface area contributed by atoms with E-state index in [-0.39, 0.29) is 39.3 Å². The van der Waals surface area contributed by atoms with Gasteiger partial charge < -0.3 is 14.5 Å². The molecule has 0 bridgehead atoms. The van der Waals surface area contributed by atoms with E-state index in [4.69, 9.17) is 27.9 Å². The Hall–Kier alpha value is -1.75. The molecule has 0 aliphatic carbocycles. The van der Waals surface area contributed by atoms with Crippen molar-refractivity contribution in [2.45, 2.75) is 18.6 Å². The number of rotatable bonds is 5. The Labute approximate surface area is 210 Å². The molecule has 184 valence electrons. The summed E-state index contributed by atoms with van der Waals surface area (Å²) in [5, 5.41) is 0.0589. The molecule has 0 radical (unpaired) electrons. The molecule has 0 spiro atoms. The molecular formula is C23H27Cl2FN4O3S. The summed E-state index contributed by atoms with van der Waals surface area (Å²) >= 11 is 12.8. The largest absolute Gasteiger partial charge is 0.370 e. The lowest BCUT2D eigenvalue weighted by Crippen LogP contribution is -2.42. The number of carbonyl (C=O) groups is 1. The Morgan fingerprint density at radius 1 is 1.15 bits per heavy atom. The Balaban J connectivity index is 1.54. The van der Waals surface area contributed by atoms with Crippen molar-refractivity contribution in [1.82, 2.24) is 14.1 Å². The van der Waals surface area contributed by atoms with E-state index in [0.717, 1.165) is 5.56 Å². The highest BCUT2D eigenvalue weighted by Gasteiger charge is 2.32. The molecule has 11 heteroatoms. The Morgan fingerprint density at radius 2 is 1.82 bits per heavy atom. The fourth-order valence-corrected chi connectivity index (χ4v) is 6.01. The second-order valence-corrected chi connectivity index (χ2v) is 11.0. The van der Waals surface area contributed by atoms with Gasteiger partial charge >= 0.3 is 0 Å². The van der Waals surface area contributed by atoms with E-state index in [1.807, 2.05) is 49.3 Å². The Morgan fingerprint density at radius 3 is 2.44 bits per heavy atom. The van der Waals surface area contributed by atoms with Gasteiger partial charge in [0.1, 0.15) is 6.10 Å². The smallest absolute Gasteiger partial charge is 0.275 e. The van der Waals surface area contributed by atoms with Gasteiger partial charge in [-0.2, -0.15) is 12.9 Å². The normalized spacial score (nSPS) is 23.2. The average Bonchev–Trinajstić information content (AvgIpc) is 3.31. The minimum atomic E-state index is -4.15. The highest BCUT2D eigenvalue weighted by atomic mass is 35.5. The molecule has 1 amide bonds. The van der Waals surface area contributed by atoms with Crippen molar-refractivity contribution in [2.75, 3.05) is 46.9 Å². The van der Waals surface area contributed by atoms with Crippen LogP contribution in [0.5, 0.6) is 0 Å². The maximum Gasteiger partial charge on any atom is 0.275 e. The summed E-state index contributed by atoms with van der Waals surface area (Å²) in [5.41, 5.74) is 1.11. The summed E-state index contributed by atoms with van der Waals surface area (Å²) in [6.07, 6.45) is 0.440. The van der Waals surface area contributed by atoms with Crippen LogP contribution >= 0.6 is 23.2 Å². The van der Waals surface area contributed by atoms with Crippen LogP contribution in [0.2, 0.25) is 10.0 Å². The van der Waals surface area contributed by atoms with E-state index in [0.29, 0.717) is 39.2 Å². The molecule has 4 rings (SSSR count). The Bertz CT molecular complexity index is 1150. The average molecular weight is 529 g/mol. The van der Waals surface area contributed by atoms with Gasteiger partial charge in [-0.05, 0) is 38.2 Å². The number of carbonyl (C=O) groups excluding carboxylic acids is 1. The van der Waals surface area contributed by atoms with Crippen molar-refractivity contribution >= 4 is 45.1 Å². The predicted octanol–water partition coefficient (Wildman–Crippen LogP) is 4.74. The van der Waals surface area contributed by atoms with Gasteiger partial charge in [0.15, 0.2) is 0 Å². The minimum absolute atomic E-state index is 0.0245. The zero-order valence-electron chi connectivity index (χ0n) is 19.0. The fourth-order valence-electron chi connectivity index (χ4n) is 4.20. The third-order valence-electron chi connectivity index (χ3n) is 6.16. The van der Waals surface area contributed by atoms with E-state index in [2.05, 4.69) is 4.36 Å². The number of ether oxygens (including phenoxy) is 1. The first kappa shape index (κ1) is 25.3. The molecular weight excluding hydrogens is 502 g/mol. The number of likely N-dealkylation sites (N-methyl/N-ethyl adjacent to an activating group) is 1. The van der Waals surface area contributed by atoms with Crippen LogP contribution in [0.15, 0.2) is 46.8 Å². The number of benzene rings is 2. The van der Waals surface area contributed by atoms with Crippen LogP contribution in [0.25, 0.3) is 0 Å². The lowest BCUT2D eigenvalue weighted by Gasteiger charge is -2.33. The van der Waals surface area contributed by atoms with Gasteiger partial charge in [-0.25, -0.2) is 0 Å². The predicted molar refractivity (Wildman–Crippen MR) is 133 cm³/mol. The molecule has 3 atom stereocenters. The van der Waals surface area contributed by atoms with Crippen LogP contribution in [0.4, 0.5) is 9.57 Å². The van der Waals surface area contributed by atoms with Crippen molar-refractivity contribution in [2.24, 2.45) is 4.36 Å². The lowest BCUT2D eigenvalue weighted by atomic mass is 10.1. The van der Waals surface area contributed by atoms with E-state index < -0.39 is 10.3 Å². The highest BCUT2D eigenvalue weighted by molar-refractivity contribution is 7.86. The van der Waals surface area contributed by atoms with E-state index in [9.17, 15) is 9.00 Å². The molecule has 2 aromatic carbocycles. The van der Waals surface area contributed by atoms with E-state index >= 15 is 3.89 Å². The van der Waals surface area contributed by atoms with Crippen molar-refractivity contribution < 1.29 is 17.6 Å². The molecule has 2 aliphatic rings. The number of morpholine rings is 1. The monoisotopic (exact) mass is 528 g/mol. The summed E-state index contributed by atoms with van der Waals surface area (Å²) in [4.78, 5) is 16.9. The van der Waals surface area contributed by atoms with Crippen LogP contribution in [-0.2, 0) is 15.0 Å². The molecule has 2 aliphatic heterocycles. The van der Waals surface area contributed by atoms with Crippen LogP contribution < -0.4 is 0 Å². The van der Waals surface area contributed by atoms with Gasteiger partial charge in [-0.1, -0.05) is 53.5 Å². The fraction of sp³-hybridized carbons (Fsp3) is 0.435. The first-order chi connectivity index (χ1) is 16.2. The zero-order valence-corrected chi connectivity index (χ0v) is 21.3. The van der Waals surface area contributed by atoms with Gasteiger partial charge in [0, 0.05) is 25.7 Å². The van der Waals surface area contributed by atoms with Crippen molar-refractivity contribution in [3.05, 3.63) is 63.6 Å². The molecule has 0 N–H and O–H groups in total. The second-order valence-electron chi connectivity index (χ2n) is 8.62. The van der Waals surface area contributed by atoms with Crippen LogP contribution in [0.1, 0.15) is 28.4 Å². The summed E-state index contributed by atoms with van der Waals surface area (Å²) in [5.74, 6) is -0.347. The van der Waals surface area contributed by atoms with Crippen LogP contribution in [0, 0.1) is 0 Å². The number of hydrogen-bond donors (Lipinski definition) is 0. The summed E-state index contributed by atoms with van der Waals surface area (Å²) in [7, 11) is -0.352. The standard InChI is InChI=1S/C23H27Cl2FN4O3S/c1-28(2)18-8-9-30(14-18)34(26,32)27-17-12-19(24)22(20(25)13-17)23(31)29-10-11-33-21(15-29)16-6-4-3-5-7-16/h3-7,12-13,18,21H,8-11,14-15H2,1-2H3/t18-,21-,34-/m1/s1. The van der Waals surface area contributed by atoms with Crippen molar-refractivity contribution in [1.29, 1.82) is 0 Å². The molecule has 2 aromatic rings. The SMILES string of the molecule is CN(C)[C@@H]1CCN([S@@](=O)(F)=Nc2cc(Cl)c(C(=O)N3CCO[C@@H](c4ccccc4)C3)c(Cl)c2)C1. The maximum absolute atomic E-state index is 15.0. The number of amides is 1. The summed E-state index contributed by atoms with van der Waals surface area (Å²) in [6.45, 7) is 1.76. The lowest BCUT2D eigenvalue weighted by molar-refractivity contribution is -0.0228. The van der Waals surface area contributed by atoms with Gasteiger partial charge in [0.05, 0.1) is 34.4 Å². The minimum Gasteiger partial charge on any atom is -0.370 e. The van der Waals surface area contributed by atoms with Gasteiger partial charge in [0.25, 0.3) is 16.2 Å². The molecule has 2 saturated heterocycles. The van der Waals surface area contributed by atoms with Gasteiger partial charge in [-0.3, -0.25) is 4.79 Å². The number of nitrogens with zero attached hydrogens (tertiary/aromatic N) is 4. The van der Waals surface area contributed by atoms with Crippen molar-refractivity contribution in [3.63, 3.8) is 0 Å². The molecule has 7 nitrogen and oxygen atoms in total. The summed E-state index contributed by atoms with van der Waals surface area (Å²) in [6, 6.07) is 12.4. The Kier molecular flexibility index (Phi) is 7.81. The van der Waals surface area contributed by atoms with Gasteiger partial charge in [-0.15, -0.1) is 3.89 Å². The number of halogens is 3. The molecule has 34 heavy (non-hydrogen) atoms. The molecule has 0 saturated carbocycles.